The minimum Gasteiger partial charge on any atom is -0.398 e. The van der Waals surface area contributed by atoms with Gasteiger partial charge in [-0.2, -0.15) is 0 Å². The van der Waals surface area contributed by atoms with Crippen molar-refractivity contribution in [2.24, 2.45) is 0 Å². The van der Waals surface area contributed by atoms with Crippen LogP contribution in [0.2, 0.25) is 0 Å². The third-order valence-corrected chi connectivity index (χ3v) is 3.89. The number of anilines is 2. The molecular weight excluding hydrogens is 280 g/mol. The first-order valence-corrected chi connectivity index (χ1v) is 7.69. The molecular formula is C21H20N2. The van der Waals surface area contributed by atoms with E-state index in [2.05, 4.69) is 30.3 Å². The van der Waals surface area contributed by atoms with E-state index in [1.54, 1.807) is 0 Å². The third kappa shape index (κ3) is 3.43. The monoisotopic (exact) mass is 300 g/mol. The summed E-state index contributed by atoms with van der Waals surface area (Å²) < 4.78 is 0. The zero-order valence-corrected chi connectivity index (χ0v) is 12.9. The number of nitrogens with two attached hydrogens (primary N) is 2. The van der Waals surface area contributed by atoms with Crippen molar-refractivity contribution in [1.82, 2.24) is 0 Å². The molecule has 3 rings (SSSR count). The smallest absolute Gasteiger partial charge is 0.0393 e. The number of rotatable bonds is 4. The molecule has 4 N–H and O–H groups in total. The van der Waals surface area contributed by atoms with Crippen LogP contribution >= 0.6 is 0 Å². The highest BCUT2D eigenvalue weighted by Crippen LogP contribution is 2.31. The predicted molar refractivity (Wildman–Crippen MR) is 98.9 cm³/mol. The summed E-state index contributed by atoms with van der Waals surface area (Å²) in [6.07, 6.45) is 3.03. The summed E-state index contributed by atoms with van der Waals surface area (Å²) in [7, 11) is 0. The van der Waals surface area contributed by atoms with Gasteiger partial charge in [0.15, 0.2) is 0 Å². The average molecular weight is 300 g/mol. The molecule has 0 radical (unpaired) electrons. The Morgan fingerprint density at radius 2 is 1.13 bits per heavy atom. The lowest BCUT2D eigenvalue weighted by Gasteiger charge is -2.13. The summed E-state index contributed by atoms with van der Waals surface area (Å²) in [5.41, 5.74) is 18.3. The summed E-state index contributed by atoms with van der Waals surface area (Å²) in [5, 5.41) is 0. The van der Waals surface area contributed by atoms with E-state index in [1.165, 1.54) is 5.56 Å². The minimum absolute atomic E-state index is 0.759. The first-order valence-electron chi connectivity index (χ1n) is 7.69. The van der Waals surface area contributed by atoms with Crippen LogP contribution < -0.4 is 11.5 Å². The Kier molecular flexibility index (Phi) is 4.44. The molecule has 0 spiro atoms. The van der Waals surface area contributed by atoms with Gasteiger partial charge in [0.25, 0.3) is 0 Å². The molecule has 0 unspecified atom stereocenters. The fourth-order valence-electron chi connectivity index (χ4n) is 2.68. The molecule has 0 amide bonds. The summed E-state index contributed by atoms with van der Waals surface area (Å²) >= 11 is 0. The average Bonchev–Trinajstić information content (AvgIpc) is 2.59. The van der Waals surface area contributed by atoms with Crippen LogP contribution in [0.25, 0.3) is 5.57 Å². The Labute approximate surface area is 137 Å². The molecule has 114 valence electrons. The number of allylic oxidation sites excluding steroid dienone is 1. The highest BCUT2D eigenvalue weighted by atomic mass is 14.6. The Bertz CT molecular complexity index is 773. The molecule has 3 aromatic rings. The van der Waals surface area contributed by atoms with Gasteiger partial charge in [-0.3, -0.25) is 0 Å². The van der Waals surface area contributed by atoms with Gasteiger partial charge in [-0.25, -0.2) is 0 Å². The van der Waals surface area contributed by atoms with Crippen LogP contribution in [0.3, 0.4) is 0 Å². The quantitative estimate of drug-likeness (QED) is 0.696. The summed E-state index contributed by atoms with van der Waals surface area (Å²) in [4.78, 5) is 0. The van der Waals surface area contributed by atoms with Gasteiger partial charge in [0.1, 0.15) is 0 Å². The second-order valence-electron chi connectivity index (χ2n) is 5.48. The van der Waals surface area contributed by atoms with Gasteiger partial charge >= 0.3 is 0 Å². The van der Waals surface area contributed by atoms with Gasteiger partial charge in [-0.1, -0.05) is 72.8 Å². The molecule has 0 heterocycles. The van der Waals surface area contributed by atoms with Crippen molar-refractivity contribution in [2.45, 2.75) is 6.42 Å². The van der Waals surface area contributed by atoms with E-state index < -0.39 is 0 Å². The molecule has 0 fully saturated rings. The fraction of sp³-hybridized carbons (Fsp3) is 0.0476. The molecule has 0 aliphatic heterocycles. The summed E-state index contributed by atoms with van der Waals surface area (Å²) in [6.45, 7) is 0. The van der Waals surface area contributed by atoms with E-state index in [1.807, 2.05) is 54.6 Å². The lowest BCUT2D eigenvalue weighted by atomic mass is 9.93. The van der Waals surface area contributed by atoms with E-state index >= 15 is 0 Å². The Balaban J connectivity index is 2.07. The summed E-state index contributed by atoms with van der Waals surface area (Å²) in [5.74, 6) is 0. The molecule has 0 saturated carbocycles. The summed E-state index contributed by atoms with van der Waals surface area (Å²) in [6, 6.07) is 26.2. The Hall–Kier alpha value is -3.00. The number of hydrogen-bond donors (Lipinski definition) is 2. The van der Waals surface area contributed by atoms with Crippen LogP contribution in [0.4, 0.5) is 11.4 Å². The standard InChI is InChI=1S/C21H20N2/c22-20-12-6-4-10-18(20)17(19-11-5-7-13-21(19)23)15-14-16-8-2-1-3-9-16/h1-13,15H,14,22-23H2. The lowest BCUT2D eigenvalue weighted by molar-refractivity contribution is 1.27. The van der Waals surface area contributed by atoms with Crippen molar-refractivity contribution in [3.05, 3.63) is 102 Å². The molecule has 3 aromatic carbocycles. The third-order valence-electron chi connectivity index (χ3n) is 3.89. The fourth-order valence-corrected chi connectivity index (χ4v) is 2.68. The zero-order valence-electron chi connectivity index (χ0n) is 12.9. The molecule has 2 heteroatoms. The Morgan fingerprint density at radius 3 is 1.65 bits per heavy atom. The predicted octanol–water partition coefficient (Wildman–Crippen LogP) is 4.53. The van der Waals surface area contributed by atoms with Gasteiger partial charge in [0, 0.05) is 22.5 Å². The van der Waals surface area contributed by atoms with E-state index in [9.17, 15) is 0 Å². The minimum atomic E-state index is 0.759. The number of benzene rings is 3. The maximum Gasteiger partial charge on any atom is 0.0393 e. The largest absolute Gasteiger partial charge is 0.398 e. The first-order chi connectivity index (χ1) is 11.3. The van der Waals surface area contributed by atoms with Crippen molar-refractivity contribution < 1.29 is 0 Å². The van der Waals surface area contributed by atoms with Crippen LogP contribution in [0.5, 0.6) is 0 Å². The van der Waals surface area contributed by atoms with E-state index in [0.29, 0.717) is 0 Å². The van der Waals surface area contributed by atoms with Crippen LogP contribution in [0, 0.1) is 0 Å². The molecule has 23 heavy (non-hydrogen) atoms. The van der Waals surface area contributed by atoms with Crippen molar-refractivity contribution in [2.75, 3.05) is 11.5 Å². The van der Waals surface area contributed by atoms with E-state index in [4.69, 9.17) is 11.5 Å². The van der Waals surface area contributed by atoms with Crippen LogP contribution in [0.15, 0.2) is 84.9 Å². The van der Waals surface area contributed by atoms with E-state index in [-0.39, 0.29) is 0 Å². The van der Waals surface area contributed by atoms with Crippen LogP contribution in [-0.4, -0.2) is 0 Å². The molecule has 0 aromatic heterocycles. The topological polar surface area (TPSA) is 52.0 Å². The maximum atomic E-state index is 6.20. The second-order valence-corrected chi connectivity index (χ2v) is 5.48. The van der Waals surface area contributed by atoms with Gasteiger partial charge < -0.3 is 11.5 Å². The molecule has 2 nitrogen and oxygen atoms in total. The van der Waals surface area contributed by atoms with Gasteiger partial charge in [0.2, 0.25) is 0 Å². The number of hydrogen-bond acceptors (Lipinski definition) is 2. The van der Waals surface area contributed by atoms with Gasteiger partial charge in [-0.05, 0) is 29.7 Å². The second kappa shape index (κ2) is 6.84. The Morgan fingerprint density at radius 1 is 0.652 bits per heavy atom. The maximum absolute atomic E-state index is 6.20. The molecule has 0 bridgehead atoms. The van der Waals surface area contributed by atoms with E-state index in [0.717, 1.165) is 34.5 Å². The normalized spacial score (nSPS) is 10.3. The molecule has 0 saturated heterocycles. The van der Waals surface area contributed by atoms with Crippen molar-refractivity contribution in [3.63, 3.8) is 0 Å². The number of nitrogen functional groups attached to an aromatic ring is 2. The van der Waals surface area contributed by atoms with Crippen LogP contribution in [-0.2, 0) is 6.42 Å². The first kappa shape index (κ1) is 14.9. The molecule has 0 atom stereocenters. The van der Waals surface area contributed by atoms with Gasteiger partial charge in [0.05, 0.1) is 0 Å². The zero-order chi connectivity index (χ0) is 16.1. The number of para-hydroxylation sites is 2. The van der Waals surface area contributed by atoms with Crippen molar-refractivity contribution in [1.29, 1.82) is 0 Å². The van der Waals surface area contributed by atoms with Crippen molar-refractivity contribution in [3.8, 4) is 0 Å². The SMILES string of the molecule is Nc1ccccc1C(=CCc1ccccc1)c1ccccc1N. The van der Waals surface area contributed by atoms with Gasteiger partial charge in [-0.15, -0.1) is 0 Å². The lowest BCUT2D eigenvalue weighted by Crippen LogP contribution is -1.99. The molecule has 0 aliphatic rings. The molecule has 0 aliphatic carbocycles. The highest BCUT2D eigenvalue weighted by molar-refractivity contribution is 5.89. The highest BCUT2D eigenvalue weighted by Gasteiger charge is 2.10. The van der Waals surface area contributed by atoms with Crippen molar-refractivity contribution >= 4 is 16.9 Å². The van der Waals surface area contributed by atoms with Crippen LogP contribution in [0.1, 0.15) is 16.7 Å².